The van der Waals surface area contributed by atoms with Gasteiger partial charge in [-0.3, -0.25) is 0 Å². The van der Waals surface area contributed by atoms with Gasteiger partial charge in [0.25, 0.3) is 0 Å². The number of hydrogen-bond donors (Lipinski definition) is 1. The summed E-state index contributed by atoms with van der Waals surface area (Å²) in [4.78, 5) is 0. The molecule has 1 aromatic rings. The highest BCUT2D eigenvalue weighted by Crippen LogP contribution is 2.33. The fourth-order valence-corrected chi connectivity index (χ4v) is 2.17. The summed E-state index contributed by atoms with van der Waals surface area (Å²) in [6, 6.07) is 5.95. The van der Waals surface area contributed by atoms with E-state index >= 15 is 0 Å². The lowest BCUT2D eigenvalue weighted by atomic mass is 9.90. The summed E-state index contributed by atoms with van der Waals surface area (Å²) in [6.07, 6.45) is 2.11. The van der Waals surface area contributed by atoms with Crippen LogP contribution in [-0.4, -0.2) is 19.8 Å². The van der Waals surface area contributed by atoms with E-state index in [9.17, 15) is 0 Å². The minimum Gasteiger partial charge on any atom is -0.494 e. The molecule has 1 heterocycles. The van der Waals surface area contributed by atoms with Gasteiger partial charge in [0, 0.05) is 18.9 Å². The van der Waals surface area contributed by atoms with Crippen LogP contribution in [0.15, 0.2) is 18.2 Å². The average Bonchev–Trinajstić information content (AvgIpc) is 2.33. The van der Waals surface area contributed by atoms with Crippen molar-refractivity contribution in [1.82, 2.24) is 0 Å². The number of nitrogen functional groups attached to an aromatic ring is 1. The molecule has 3 nitrogen and oxygen atoms in total. The van der Waals surface area contributed by atoms with E-state index in [2.05, 4.69) is 6.07 Å². The molecular weight excluding hydrogens is 202 g/mol. The Morgan fingerprint density at radius 3 is 2.81 bits per heavy atom. The highest BCUT2D eigenvalue weighted by molar-refractivity contribution is 5.52. The van der Waals surface area contributed by atoms with E-state index in [4.69, 9.17) is 15.2 Å². The molecule has 3 heteroatoms. The number of ether oxygens (including phenoxy) is 2. The fourth-order valence-electron chi connectivity index (χ4n) is 2.17. The van der Waals surface area contributed by atoms with Crippen LogP contribution in [0.2, 0.25) is 0 Å². The van der Waals surface area contributed by atoms with Gasteiger partial charge in [-0.2, -0.15) is 0 Å². The van der Waals surface area contributed by atoms with Crippen LogP contribution in [0.25, 0.3) is 0 Å². The lowest BCUT2D eigenvalue weighted by molar-refractivity contribution is 0.0854. The molecule has 2 N–H and O–H groups in total. The second-order valence-electron chi connectivity index (χ2n) is 4.11. The first-order valence-corrected chi connectivity index (χ1v) is 5.91. The van der Waals surface area contributed by atoms with Gasteiger partial charge in [-0.05, 0) is 49.4 Å². The van der Waals surface area contributed by atoms with Crippen molar-refractivity contribution < 1.29 is 9.47 Å². The zero-order valence-corrected chi connectivity index (χ0v) is 9.74. The molecule has 0 atom stereocenters. The molecule has 1 fully saturated rings. The first-order valence-electron chi connectivity index (χ1n) is 5.91. The van der Waals surface area contributed by atoms with Crippen molar-refractivity contribution in [3.8, 4) is 5.75 Å². The van der Waals surface area contributed by atoms with Gasteiger partial charge in [-0.15, -0.1) is 0 Å². The van der Waals surface area contributed by atoms with Crippen LogP contribution in [-0.2, 0) is 4.74 Å². The Morgan fingerprint density at radius 2 is 2.12 bits per heavy atom. The first-order chi connectivity index (χ1) is 7.81. The second-order valence-corrected chi connectivity index (χ2v) is 4.11. The lowest BCUT2D eigenvalue weighted by Crippen LogP contribution is -2.15. The monoisotopic (exact) mass is 221 g/mol. The van der Waals surface area contributed by atoms with Crippen molar-refractivity contribution in [3.05, 3.63) is 23.8 Å². The molecule has 0 saturated carbocycles. The summed E-state index contributed by atoms with van der Waals surface area (Å²) >= 11 is 0. The predicted molar refractivity (Wildman–Crippen MR) is 64.8 cm³/mol. The maximum Gasteiger partial charge on any atom is 0.119 e. The highest BCUT2D eigenvalue weighted by Gasteiger charge is 2.18. The summed E-state index contributed by atoms with van der Waals surface area (Å²) in [7, 11) is 0. The molecule has 0 radical (unpaired) electrons. The fraction of sp³-hybridized carbons (Fsp3) is 0.538. The predicted octanol–water partition coefficient (Wildman–Crippen LogP) is 2.56. The van der Waals surface area contributed by atoms with Crippen LogP contribution < -0.4 is 10.5 Å². The van der Waals surface area contributed by atoms with Crippen LogP contribution in [0.4, 0.5) is 5.69 Å². The topological polar surface area (TPSA) is 44.5 Å². The number of anilines is 1. The molecule has 0 spiro atoms. The van der Waals surface area contributed by atoms with Gasteiger partial charge < -0.3 is 15.2 Å². The zero-order chi connectivity index (χ0) is 11.4. The molecule has 0 bridgehead atoms. The molecule has 88 valence electrons. The molecule has 1 aromatic carbocycles. The van der Waals surface area contributed by atoms with Gasteiger partial charge in [-0.1, -0.05) is 0 Å². The smallest absolute Gasteiger partial charge is 0.119 e. The van der Waals surface area contributed by atoms with Crippen molar-refractivity contribution in [2.75, 3.05) is 25.6 Å². The average molecular weight is 221 g/mol. The molecule has 1 saturated heterocycles. The molecule has 16 heavy (non-hydrogen) atoms. The Balaban J connectivity index is 2.19. The standard InChI is InChI=1S/C13H19NO2/c1-2-16-11-3-4-13(14)12(9-11)10-5-7-15-8-6-10/h3-4,9-10H,2,5-8,14H2,1H3. The van der Waals surface area contributed by atoms with E-state index in [1.165, 1.54) is 5.56 Å². The van der Waals surface area contributed by atoms with Gasteiger partial charge >= 0.3 is 0 Å². The minimum absolute atomic E-state index is 0.522. The molecule has 0 amide bonds. The molecular formula is C13H19NO2. The third-order valence-electron chi connectivity index (χ3n) is 3.03. The van der Waals surface area contributed by atoms with Gasteiger partial charge in [0.05, 0.1) is 6.61 Å². The Kier molecular flexibility index (Phi) is 3.67. The summed E-state index contributed by atoms with van der Waals surface area (Å²) < 4.78 is 10.9. The minimum atomic E-state index is 0.522. The summed E-state index contributed by atoms with van der Waals surface area (Å²) in [5.41, 5.74) is 8.11. The van der Waals surface area contributed by atoms with Crippen molar-refractivity contribution in [2.45, 2.75) is 25.7 Å². The summed E-state index contributed by atoms with van der Waals surface area (Å²) in [5, 5.41) is 0. The van der Waals surface area contributed by atoms with Crippen molar-refractivity contribution in [2.24, 2.45) is 0 Å². The Bertz CT molecular complexity index is 346. The third kappa shape index (κ3) is 2.47. The van der Waals surface area contributed by atoms with Crippen molar-refractivity contribution in [1.29, 1.82) is 0 Å². The summed E-state index contributed by atoms with van der Waals surface area (Å²) in [6.45, 7) is 4.35. The number of benzene rings is 1. The molecule has 0 aromatic heterocycles. The third-order valence-corrected chi connectivity index (χ3v) is 3.03. The Morgan fingerprint density at radius 1 is 1.38 bits per heavy atom. The SMILES string of the molecule is CCOc1ccc(N)c(C2CCOCC2)c1. The lowest BCUT2D eigenvalue weighted by Gasteiger charge is -2.24. The Hall–Kier alpha value is -1.22. The number of hydrogen-bond acceptors (Lipinski definition) is 3. The van der Waals surface area contributed by atoms with Crippen LogP contribution in [0.1, 0.15) is 31.2 Å². The van der Waals surface area contributed by atoms with E-state index < -0.39 is 0 Å². The van der Waals surface area contributed by atoms with Gasteiger partial charge in [-0.25, -0.2) is 0 Å². The second kappa shape index (κ2) is 5.21. The van der Waals surface area contributed by atoms with E-state index in [0.717, 1.165) is 37.5 Å². The van der Waals surface area contributed by atoms with E-state index in [1.54, 1.807) is 0 Å². The molecule has 0 unspecified atom stereocenters. The largest absolute Gasteiger partial charge is 0.494 e. The van der Waals surface area contributed by atoms with Crippen LogP contribution >= 0.6 is 0 Å². The van der Waals surface area contributed by atoms with Crippen molar-refractivity contribution in [3.63, 3.8) is 0 Å². The maximum atomic E-state index is 6.02. The van der Waals surface area contributed by atoms with E-state index in [0.29, 0.717) is 12.5 Å². The Labute approximate surface area is 96.5 Å². The zero-order valence-electron chi connectivity index (χ0n) is 9.74. The molecule has 0 aliphatic carbocycles. The van der Waals surface area contributed by atoms with Crippen LogP contribution in [0.3, 0.4) is 0 Å². The van der Waals surface area contributed by atoms with Crippen LogP contribution in [0, 0.1) is 0 Å². The van der Waals surface area contributed by atoms with Gasteiger partial charge in [0.15, 0.2) is 0 Å². The highest BCUT2D eigenvalue weighted by atomic mass is 16.5. The quantitative estimate of drug-likeness (QED) is 0.798. The van der Waals surface area contributed by atoms with E-state index in [-0.39, 0.29) is 0 Å². The van der Waals surface area contributed by atoms with Gasteiger partial charge in [0.2, 0.25) is 0 Å². The number of nitrogens with two attached hydrogens (primary N) is 1. The summed E-state index contributed by atoms with van der Waals surface area (Å²) in [5.74, 6) is 1.44. The van der Waals surface area contributed by atoms with Gasteiger partial charge in [0.1, 0.15) is 5.75 Å². The molecule has 1 aliphatic heterocycles. The number of rotatable bonds is 3. The van der Waals surface area contributed by atoms with E-state index in [1.807, 2.05) is 19.1 Å². The first kappa shape index (κ1) is 11.3. The maximum absolute atomic E-state index is 6.02. The normalized spacial score (nSPS) is 17.3. The van der Waals surface area contributed by atoms with Crippen LogP contribution in [0.5, 0.6) is 5.75 Å². The molecule has 1 aliphatic rings. The van der Waals surface area contributed by atoms with Crippen molar-refractivity contribution >= 4 is 5.69 Å². The molecule has 2 rings (SSSR count).